The SMILES string of the molecule is Cc1nn(CN2CCCC(C)C2)c(=S)s1. The highest BCUT2D eigenvalue weighted by Gasteiger charge is 2.16. The van der Waals surface area contributed by atoms with Crippen molar-refractivity contribution in [2.45, 2.75) is 33.4 Å². The lowest BCUT2D eigenvalue weighted by Gasteiger charge is -2.30. The van der Waals surface area contributed by atoms with Gasteiger partial charge >= 0.3 is 0 Å². The van der Waals surface area contributed by atoms with E-state index in [0.29, 0.717) is 0 Å². The molecule has 0 aliphatic carbocycles. The first-order valence-corrected chi connectivity index (χ1v) is 6.64. The van der Waals surface area contributed by atoms with Gasteiger partial charge in [-0.15, -0.1) is 0 Å². The second kappa shape index (κ2) is 4.72. The molecule has 0 amide bonds. The van der Waals surface area contributed by atoms with Crippen LogP contribution < -0.4 is 0 Å². The smallest absolute Gasteiger partial charge is 0.180 e. The molecule has 1 atom stereocenters. The van der Waals surface area contributed by atoms with Crippen LogP contribution in [0, 0.1) is 16.8 Å². The first-order valence-electron chi connectivity index (χ1n) is 5.42. The standard InChI is InChI=1S/C10H17N3S2/c1-8-4-3-5-12(6-8)7-13-10(14)15-9(2)11-13/h8H,3-7H2,1-2H3. The Balaban J connectivity index is 2.02. The van der Waals surface area contributed by atoms with E-state index in [1.807, 2.05) is 11.6 Å². The fourth-order valence-corrected chi connectivity index (χ4v) is 3.16. The maximum absolute atomic E-state index is 5.26. The van der Waals surface area contributed by atoms with Crippen molar-refractivity contribution in [1.82, 2.24) is 14.7 Å². The molecule has 1 saturated heterocycles. The Morgan fingerprint density at radius 1 is 1.60 bits per heavy atom. The molecular formula is C10H17N3S2. The summed E-state index contributed by atoms with van der Waals surface area (Å²) < 4.78 is 2.85. The summed E-state index contributed by atoms with van der Waals surface area (Å²) in [7, 11) is 0. The molecule has 0 N–H and O–H groups in total. The lowest BCUT2D eigenvalue weighted by atomic mass is 10.0. The van der Waals surface area contributed by atoms with Crippen molar-refractivity contribution in [2.24, 2.45) is 5.92 Å². The summed E-state index contributed by atoms with van der Waals surface area (Å²) in [6, 6.07) is 0. The summed E-state index contributed by atoms with van der Waals surface area (Å²) in [5.41, 5.74) is 0. The molecule has 0 radical (unpaired) electrons. The highest BCUT2D eigenvalue weighted by Crippen LogP contribution is 2.16. The van der Waals surface area contributed by atoms with Gasteiger partial charge in [0.25, 0.3) is 0 Å². The van der Waals surface area contributed by atoms with E-state index < -0.39 is 0 Å². The van der Waals surface area contributed by atoms with Gasteiger partial charge in [0.2, 0.25) is 0 Å². The van der Waals surface area contributed by atoms with Crippen LogP contribution in [0.2, 0.25) is 0 Å². The van der Waals surface area contributed by atoms with E-state index in [1.54, 1.807) is 11.3 Å². The monoisotopic (exact) mass is 243 g/mol. The van der Waals surface area contributed by atoms with E-state index in [1.165, 1.54) is 25.9 Å². The zero-order chi connectivity index (χ0) is 10.8. The van der Waals surface area contributed by atoms with E-state index in [2.05, 4.69) is 16.9 Å². The molecule has 0 bridgehead atoms. The first-order chi connectivity index (χ1) is 7.15. The Kier molecular flexibility index (Phi) is 3.53. The summed E-state index contributed by atoms with van der Waals surface area (Å²) in [6.07, 6.45) is 2.66. The van der Waals surface area contributed by atoms with Crippen molar-refractivity contribution in [3.63, 3.8) is 0 Å². The van der Waals surface area contributed by atoms with E-state index in [0.717, 1.165) is 21.5 Å². The topological polar surface area (TPSA) is 21.1 Å². The molecule has 0 spiro atoms. The Labute approximate surface area is 99.7 Å². The van der Waals surface area contributed by atoms with E-state index in [9.17, 15) is 0 Å². The summed E-state index contributed by atoms with van der Waals surface area (Å²) in [5.74, 6) is 0.813. The Morgan fingerprint density at radius 2 is 2.40 bits per heavy atom. The van der Waals surface area contributed by atoms with Crippen LogP contribution in [0.25, 0.3) is 0 Å². The lowest BCUT2D eigenvalue weighted by molar-refractivity contribution is 0.138. The van der Waals surface area contributed by atoms with Gasteiger partial charge in [-0.3, -0.25) is 4.90 Å². The van der Waals surface area contributed by atoms with Crippen LogP contribution in [0.4, 0.5) is 0 Å². The number of likely N-dealkylation sites (tertiary alicyclic amines) is 1. The molecule has 0 aromatic carbocycles. The van der Waals surface area contributed by atoms with Crippen molar-refractivity contribution >= 4 is 23.6 Å². The molecule has 15 heavy (non-hydrogen) atoms. The molecular weight excluding hydrogens is 226 g/mol. The third-order valence-electron chi connectivity index (χ3n) is 2.78. The van der Waals surface area contributed by atoms with Gasteiger partial charge in [-0.25, -0.2) is 4.68 Å². The predicted octanol–water partition coefficient (Wildman–Crippen LogP) is 2.67. The highest BCUT2D eigenvalue weighted by atomic mass is 32.1. The second-order valence-electron chi connectivity index (χ2n) is 4.35. The highest BCUT2D eigenvalue weighted by molar-refractivity contribution is 7.73. The van der Waals surface area contributed by atoms with Crippen LogP contribution in [-0.4, -0.2) is 27.8 Å². The summed E-state index contributed by atoms with van der Waals surface area (Å²) in [5, 5.41) is 5.48. The number of aryl methyl sites for hydroxylation is 1. The summed E-state index contributed by atoms with van der Waals surface area (Å²) in [6.45, 7) is 7.56. The Hall–Kier alpha value is -0.260. The van der Waals surface area contributed by atoms with Gasteiger partial charge in [-0.1, -0.05) is 18.3 Å². The molecule has 3 nitrogen and oxygen atoms in total. The number of aromatic nitrogens is 2. The average Bonchev–Trinajstić information content (AvgIpc) is 2.45. The van der Waals surface area contributed by atoms with E-state index in [4.69, 9.17) is 12.2 Å². The van der Waals surface area contributed by atoms with E-state index in [-0.39, 0.29) is 0 Å². The molecule has 1 aromatic rings. The number of hydrogen-bond donors (Lipinski definition) is 0. The van der Waals surface area contributed by atoms with Crippen LogP contribution in [0.3, 0.4) is 0 Å². The molecule has 0 saturated carbocycles. The van der Waals surface area contributed by atoms with Crippen molar-refractivity contribution in [2.75, 3.05) is 13.1 Å². The van der Waals surface area contributed by atoms with Gasteiger partial charge in [0.15, 0.2) is 3.95 Å². The maximum Gasteiger partial charge on any atom is 0.180 e. The van der Waals surface area contributed by atoms with Gasteiger partial charge in [-0.05, 0) is 44.4 Å². The number of piperidine rings is 1. The molecule has 1 aliphatic rings. The minimum Gasteiger partial charge on any atom is -0.284 e. The third kappa shape index (κ3) is 2.86. The van der Waals surface area contributed by atoms with Crippen molar-refractivity contribution in [3.05, 3.63) is 8.96 Å². The quantitative estimate of drug-likeness (QED) is 0.745. The summed E-state index contributed by atoms with van der Waals surface area (Å²) >= 11 is 6.86. The zero-order valence-electron chi connectivity index (χ0n) is 9.27. The predicted molar refractivity (Wildman–Crippen MR) is 65.6 cm³/mol. The van der Waals surface area contributed by atoms with Gasteiger partial charge in [-0.2, -0.15) is 5.10 Å². The second-order valence-corrected chi connectivity index (χ2v) is 6.18. The fraction of sp³-hybridized carbons (Fsp3) is 0.800. The Bertz CT molecular complexity index is 382. The fourth-order valence-electron chi connectivity index (χ4n) is 2.10. The molecule has 2 rings (SSSR count). The minimum absolute atomic E-state index is 0.813. The van der Waals surface area contributed by atoms with Gasteiger partial charge in [0.1, 0.15) is 5.01 Å². The molecule has 1 unspecified atom stereocenters. The molecule has 2 heterocycles. The number of nitrogens with zero attached hydrogens (tertiary/aromatic N) is 3. The first kappa shape index (κ1) is 11.2. The molecule has 1 aliphatic heterocycles. The summed E-state index contributed by atoms with van der Waals surface area (Å²) in [4.78, 5) is 2.45. The lowest BCUT2D eigenvalue weighted by Crippen LogP contribution is -2.36. The van der Waals surface area contributed by atoms with Gasteiger partial charge in [0.05, 0.1) is 6.67 Å². The third-order valence-corrected chi connectivity index (χ3v) is 4.01. The van der Waals surface area contributed by atoms with Crippen LogP contribution in [-0.2, 0) is 6.67 Å². The maximum atomic E-state index is 5.26. The van der Waals surface area contributed by atoms with E-state index >= 15 is 0 Å². The van der Waals surface area contributed by atoms with Gasteiger partial charge < -0.3 is 0 Å². The van der Waals surface area contributed by atoms with Crippen molar-refractivity contribution in [3.8, 4) is 0 Å². The Morgan fingerprint density at radius 3 is 3.00 bits per heavy atom. The van der Waals surface area contributed by atoms with Gasteiger partial charge in [0, 0.05) is 6.54 Å². The van der Waals surface area contributed by atoms with Crippen LogP contribution >= 0.6 is 23.6 Å². The normalized spacial score (nSPS) is 23.2. The zero-order valence-corrected chi connectivity index (χ0v) is 10.9. The van der Waals surface area contributed by atoms with Crippen LogP contribution in [0.1, 0.15) is 24.8 Å². The molecule has 5 heteroatoms. The number of hydrogen-bond acceptors (Lipinski definition) is 4. The van der Waals surface area contributed by atoms with Crippen LogP contribution in [0.15, 0.2) is 0 Å². The largest absolute Gasteiger partial charge is 0.284 e. The molecule has 1 aromatic heterocycles. The van der Waals surface area contributed by atoms with Crippen molar-refractivity contribution in [1.29, 1.82) is 0 Å². The van der Waals surface area contributed by atoms with Crippen molar-refractivity contribution < 1.29 is 0 Å². The minimum atomic E-state index is 0.813. The van der Waals surface area contributed by atoms with Crippen LogP contribution in [0.5, 0.6) is 0 Å². The molecule has 84 valence electrons. The molecule has 1 fully saturated rings. The average molecular weight is 243 g/mol. The number of rotatable bonds is 2.